The molecule has 1 rings (SSSR count). The van der Waals surface area contributed by atoms with E-state index < -0.39 is 0 Å². The van der Waals surface area contributed by atoms with E-state index >= 15 is 0 Å². The normalized spacial score (nSPS) is 12.7. The summed E-state index contributed by atoms with van der Waals surface area (Å²) in [5, 5.41) is 3.50. The number of pyridine rings is 1. The second-order valence-electron chi connectivity index (χ2n) is 5.46. The molecule has 0 aliphatic rings. The van der Waals surface area contributed by atoms with Crippen LogP contribution in [-0.2, 0) is 4.74 Å². The van der Waals surface area contributed by atoms with Crippen molar-refractivity contribution in [3.05, 3.63) is 23.9 Å². The third-order valence-electron chi connectivity index (χ3n) is 3.24. The van der Waals surface area contributed by atoms with E-state index in [2.05, 4.69) is 62.1 Å². The van der Waals surface area contributed by atoms with Gasteiger partial charge in [-0.25, -0.2) is 4.98 Å². The Morgan fingerprint density at radius 2 is 2.10 bits per heavy atom. The third-order valence-corrected chi connectivity index (χ3v) is 3.24. The number of nitrogens with one attached hydrogen (secondary N) is 1. The van der Waals surface area contributed by atoms with E-state index in [1.807, 2.05) is 6.20 Å². The average Bonchev–Trinajstić information content (AvgIpc) is 2.44. The molecule has 0 spiro atoms. The van der Waals surface area contributed by atoms with Gasteiger partial charge in [0.15, 0.2) is 0 Å². The molecule has 1 aromatic rings. The van der Waals surface area contributed by atoms with Crippen molar-refractivity contribution >= 4 is 5.82 Å². The van der Waals surface area contributed by atoms with E-state index in [0.29, 0.717) is 6.04 Å². The van der Waals surface area contributed by atoms with Gasteiger partial charge in [-0.2, -0.15) is 0 Å². The van der Waals surface area contributed by atoms with Crippen LogP contribution in [0.3, 0.4) is 0 Å². The number of hydrogen-bond acceptors (Lipinski definition) is 4. The molecule has 0 aliphatic carbocycles. The second kappa shape index (κ2) is 8.93. The van der Waals surface area contributed by atoms with Gasteiger partial charge in [0.25, 0.3) is 0 Å². The third kappa shape index (κ3) is 5.88. The summed E-state index contributed by atoms with van der Waals surface area (Å²) in [7, 11) is 2.06. The van der Waals surface area contributed by atoms with Gasteiger partial charge in [0, 0.05) is 25.8 Å². The highest BCUT2D eigenvalue weighted by Crippen LogP contribution is 2.17. The average molecular weight is 279 g/mol. The molecule has 1 N–H and O–H groups in total. The van der Waals surface area contributed by atoms with Gasteiger partial charge in [-0.1, -0.05) is 6.92 Å². The zero-order valence-corrected chi connectivity index (χ0v) is 13.5. The van der Waals surface area contributed by atoms with Crippen molar-refractivity contribution < 1.29 is 4.74 Å². The molecule has 0 aromatic carbocycles. The first kappa shape index (κ1) is 16.9. The topological polar surface area (TPSA) is 37.4 Å². The minimum atomic E-state index is 0.279. The summed E-state index contributed by atoms with van der Waals surface area (Å²) in [5.74, 6) is 1.00. The van der Waals surface area contributed by atoms with Crippen LogP contribution in [0.15, 0.2) is 18.3 Å². The summed E-state index contributed by atoms with van der Waals surface area (Å²) in [6.07, 6.45) is 3.31. The summed E-state index contributed by atoms with van der Waals surface area (Å²) >= 11 is 0. The summed E-state index contributed by atoms with van der Waals surface area (Å²) in [5.41, 5.74) is 1.28. The van der Waals surface area contributed by atoms with Gasteiger partial charge in [-0.15, -0.1) is 0 Å². The smallest absolute Gasteiger partial charge is 0.128 e. The van der Waals surface area contributed by atoms with Crippen molar-refractivity contribution in [2.75, 3.05) is 31.6 Å². The first-order chi connectivity index (χ1) is 9.54. The molecule has 4 heteroatoms. The van der Waals surface area contributed by atoms with Crippen molar-refractivity contribution in [3.63, 3.8) is 0 Å². The zero-order valence-electron chi connectivity index (χ0n) is 13.5. The number of anilines is 1. The van der Waals surface area contributed by atoms with Crippen LogP contribution in [0.5, 0.6) is 0 Å². The Hall–Kier alpha value is -1.13. The molecule has 0 amide bonds. The van der Waals surface area contributed by atoms with Crippen LogP contribution in [0.4, 0.5) is 5.82 Å². The van der Waals surface area contributed by atoms with Crippen molar-refractivity contribution in [2.24, 2.45) is 0 Å². The van der Waals surface area contributed by atoms with E-state index in [1.54, 1.807) is 0 Å². The zero-order chi connectivity index (χ0) is 15.0. The Labute approximate surface area is 123 Å². The minimum Gasteiger partial charge on any atom is -0.377 e. The Bertz CT molecular complexity index is 382. The maximum atomic E-state index is 5.58. The Morgan fingerprint density at radius 1 is 1.35 bits per heavy atom. The van der Waals surface area contributed by atoms with E-state index in [0.717, 1.165) is 31.9 Å². The molecule has 4 nitrogen and oxygen atoms in total. The highest BCUT2D eigenvalue weighted by molar-refractivity contribution is 5.40. The monoisotopic (exact) mass is 279 g/mol. The van der Waals surface area contributed by atoms with Gasteiger partial charge in [0.1, 0.15) is 5.82 Å². The second-order valence-corrected chi connectivity index (χ2v) is 5.46. The first-order valence-corrected chi connectivity index (χ1v) is 7.56. The van der Waals surface area contributed by atoms with Crippen LogP contribution in [0.2, 0.25) is 0 Å². The van der Waals surface area contributed by atoms with E-state index in [4.69, 9.17) is 4.74 Å². The number of rotatable bonds is 9. The lowest BCUT2D eigenvalue weighted by atomic mass is 10.1. The molecule has 0 fully saturated rings. The molecular weight excluding hydrogens is 250 g/mol. The van der Waals surface area contributed by atoms with E-state index in [-0.39, 0.29) is 6.10 Å². The van der Waals surface area contributed by atoms with Crippen LogP contribution in [0, 0.1) is 0 Å². The van der Waals surface area contributed by atoms with Crippen molar-refractivity contribution in [3.8, 4) is 0 Å². The summed E-state index contributed by atoms with van der Waals surface area (Å²) < 4.78 is 5.58. The Balaban J connectivity index is 2.57. The lowest BCUT2D eigenvalue weighted by Crippen LogP contribution is -2.25. The molecule has 1 heterocycles. The first-order valence-electron chi connectivity index (χ1n) is 7.56. The molecular formula is C16H29N3O. The Morgan fingerprint density at radius 3 is 2.75 bits per heavy atom. The molecule has 0 bridgehead atoms. The molecule has 20 heavy (non-hydrogen) atoms. The maximum absolute atomic E-state index is 5.58. The quantitative estimate of drug-likeness (QED) is 0.754. The van der Waals surface area contributed by atoms with Gasteiger partial charge < -0.3 is 15.0 Å². The highest BCUT2D eigenvalue weighted by Gasteiger charge is 2.08. The van der Waals surface area contributed by atoms with Crippen LogP contribution >= 0.6 is 0 Å². The van der Waals surface area contributed by atoms with Crippen LogP contribution < -0.4 is 10.2 Å². The molecule has 114 valence electrons. The number of aromatic nitrogens is 1. The fourth-order valence-electron chi connectivity index (χ4n) is 1.93. The van der Waals surface area contributed by atoms with Crippen LogP contribution in [0.1, 0.15) is 45.7 Å². The number of likely N-dealkylation sites (N-methyl/N-ethyl adjacent to an activating group) is 1. The van der Waals surface area contributed by atoms with Gasteiger partial charge >= 0.3 is 0 Å². The molecule has 0 aliphatic heterocycles. The highest BCUT2D eigenvalue weighted by atomic mass is 16.5. The standard InChI is InChI=1S/C16H29N3O/c1-6-8-17-14(4)15-7-9-18-16(12-15)19(5)10-11-20-13(2)3/h7,9,12-14,17H,6,8,10-11H2,1-5H3. The Kier molecular flexibility index (Phi) is 7.55. The summed E-state index contributed by atoms with van der Waals surface area (Å²) in [6.45, 7) is 11.1. The molecule has 1 aromatic heterocycles. The molecule has 0 saturated carbocycles. The van der Waals surface area contributed by atoms with Crippen molar-refractivity contribution in [1.82, 2.24) is 10.3 Å². The number of nitrogens with zero attached hydrogens (tertiary/aromatic N) is 2. The molecule has 0 saturated heterocycles. The fourth-order valence-corrected chi connectivity index (χ4v) is 1.93. The van der Waals surface area contributed by atoms with Crippen LogP contribution in [-0.4, -0.2) is 37.8 Å². The van der Waals surface area contributed by atoms with Gasteiger partial charge in [0.2, 0.25) is 0 Å². The largest absolute Gasteiger partial charge is 0.377 e. The maximum Gasteiger partial charge on any atom is 0.128 e. The molecule has 0 radical (unpaired) electrons. The predicted molar refractivity (Wildman–Crippen MR) is 85.3 cm³/mol. The number of ether oxygens (including phenoxy) is 1. The number of hydrogen-bond donors (Lipinski definition) is 1. The van der Waals surface area contributed by atoms with E-state index in [1.165, 1.54) is 5.56 Å². The molecule has 1 unspecified atom stereocenters. The van der Waals surface area contributed by atoms with Crippen molar-refractivity contribution in [1.29, 1.82) is 0 Å². The van der Waals surface area contributed by atoms with Crippen LogP contribution in [0.25, 0.3) is 0 Å². The van der Waals surface area contributed by atoms with Crippen molar-refractivity contribution in [2.45, 2.75) is 46.3 Å². The predicted octanol–water partition coefficient (Wildman–Crippen LogP) is 3.00. The lowest BCUT2D eigenvalue weighted by molar-refractivity contribution is 0.0845. The van der Waals surface area contributed by atoms with Gasteiger partial charge in [0.05, 0.1) is 12.7 Å². The minimum absolute atomic E-state index is 0.279. The molecule has 1 atom stereocenters. The van der Waals surface area contributed by atoms with Gasteiger partial charge in [-0.05, 0) is 51.4 Å². The van der Waals surface area contributed by atoms with E-state index in [9.17, 15) is 0 Å². The lowest BCUT2D eigenvalue weighted by Gasteiger charge is -2.21. The SMILES string of the molecule is CCCNC(C)c1ccnc(N(C)CCOC(C)C)c1. The summed E-state index contributed by atoms with van der Waals surface area (Å²) in [4.78, 5) is 6.58. The summed E-state index contributed by atoms with van der Waals surface area (Å²) in [6, 6.07) is 4.59. The fraction of sp³-hybridized carbons (Fsp3) is 0.688. The van der Waals surface area contributed by atoms with Gasteiger partial charge in [-0.3, -0.25) is 0 Å².